The highest BCUT2D eigenvalue weighted by Gasteiger charge is 2.22. The Morgan fingerprint density at radius 3 is 2.62 bits per heavy atom. The molecule has 0 atom stereocenters. The van der Waals surface area contributed by atoms with Gasteiger partial charge in [-0.1, -0.05) is 30.3 Å². The Labute approximate surface area is 140 Å². The molecule has 3 N–H and O–H groups in total. The topological polar surface area (TPSA) is 93.4 Å². The van der Waals surface area contributed by atoms with E-state index in [0.29, 0.717) is 11.4 Å². The molecular weight excluding hydrogens is 306 g/mol. The molecule has 1 aliphatic rings. The van der Waals surface area contributed by atoms with E-state index in [1.165, 1.54) is 6.20 Å². The van der Waals surface area contributed by atoms with E-state index in [-0.39, 0.29) is 17.8 Å². The third-order valence-corrected chi connectivity index (χ3v) is 4.14. The van der Waals surface area contributed by atoms with Crippen LogP contribution in [0.1, 0.15) is 23.2 Å². The number of amides is 1. The van der Waals surface area contributed by atoms with Gasteiger partial charge in [-0.15, -0.1) is 0 Å². The van der Waals surface area contributed by atoms with Crippen molar-refractivity contribution in [3.8, 4) is 11.4 Å². The lowest BCUT2D eigenvalue weighted by Crippen LogP contribution is -2.44. The summed E-state index contributed by atoms with van der Waals surface area (Å²) < 4.78 is 0. The summed E-state index contributed by atoms with van der Waals surface area (Å²) in [4.78, 5) is 26.1. The summed E-state index contributed by atoms with van der Waals surface area (Å²) >= 11 is 0. The molecule has 2 heterocycles. The molecular formula is C17H21N5O2. The molecule has 0 saturated carbocycles. The average Bonchev–Trinajstić information content (AvgIpc) is 2.63. The van der Waals surface area contributed by atoms with Crippen molar-refractivity contribution in [1.82, 2.24) is 20.3 Å². The van der Waals surface area contributed by atoms with E-state index >= 15 is 0 Å². The minimum Gasteiger partial charge on any atom is -0.383 e. The Morgan fingerprint density at radius 2 is 2.00 bits per heavy atom. The first-order valence-electron chi connectivity index (χ1n) is 7.95. The predicted molar refractivity (Wildman–Crippen MR) is 91.0 cm³/mol. The number of piperidine rings is 1. The van der Waals surface area contributed by atoms with Crippen LogP contribution in [0.3, 0.4) is 0 Å². The van der Waals surface area contributed by atoms with E-state index in [0.717, 1.165) is 31.5 Å². The second kappa shape index (κ2) is 7.37. The molecule has 0 spiro atoms. The first-order chi connectivity index (χ1) is 11.7. The highest BCUT2D eigenvalue weighted by molar-refractivity contribution is 5.98. The number of hydroxylamine groups is 2. The molecule has 126 valence electrons. The summed E-state index contributed by atoms with van der Waals surface area (Å²) in [6.45, 7) is 1.58. The van der Waals surface area contributed by atoms with Gasteiger partial charge in [0.05, 0.1) is 12.7 Å². The lowest BCUT2D eigenvalue weighted by molar-refractivity contribution is -0.144. The maximum atomic E-state index is 12.4. The van der Waals surface area contributed by atoms with E-state index in [9.17, 15) is 4.79 Å². The molecule has 0 bridgehead atoms. The van der Waals surface area contributed by atoms with Crippen LogP contribution in [0.4, 0.5) is 5.82 Å². The zero-order valence-corrected chi connectivity index (χ0v) is 13.6. The third-order valence-electron chi connectivity index (χ3n) is 4.14. The molecule has 1 fully saturated rings. The van der Waals surface area contributed by atoms with Gasteiger partial charge in [0.1, 0.15) is 5.82 Å². The number of rotatable bonds is 4. The SMILES string of the molecule is CON1CCC(NC(=O)c2cnc(-c3ccccc3)nc2N)CC1. The highest BCUT2D eigenvalue weighted by Crippen LogP contribution is 2.18. The number of carbonyl (C=O) groups excluding carboxylic acids is 1. The predicted octanol–water partition coefficient (Wildman–Crippen LogP) is 1.48. The number of benzene rings is 1. The summed E-state index contributed by atoms with van der Waals surface area (Å²) in [6, 6.07) is 9.64. The Morgan fingerprint density at radius 1 is 1.29 bits per heavy atom. The molecule has 1 amide bonds. The van der Waals surface area contributed by atoms with Crippen molar-refractivity contribution in [1.29, 1.82) is 0 Å². The van der Waals surface area contributed by atoms with Crippen LogP contribution in [0, 0.1) is 0 Å². The fraction of sp³-hybridized carbons (Fsp3) is 0.353. The van der Waals surface area contributed by atoms with Crippen LogP contribution in [-0.2, 0) is 4.84 Å². The first-order valence-corrected chi connectivity index (χ1v) is 7.95. The van der Waals surface area contributed by atoms with Crippen LogP contribution < -0.4 is 11.1 Å². The third kappa shape index (κ3) is 3.69. The van der Waals surface area contributed by atoms with Gasteiger partial charge in [-0.05, 0) is 12.8 Å². The molecule has 1 aliphatic heterocycles. The molecule has 1 aromatic heterocycles. The van der Waals surface area contributed by atoms with E-state index in [2.05, 4.69) is 15.3 Å². The standard InChI is InChI=1S/C17H21N5O2/c1-24-22-9-7-13(8-10-22)20-17(23)14-11-19-16(21-15(14)18)12-5-3-2-4-6-12/h2-6,11,13H,7-10H2,1H3,(H,20,23)(H2,18,19,21). The van der Waals surface area contributed by atoms with Crippen LogP contribution in [0.15, 0.2) is 36.5 Å². The quantitative estimate of drug-likeness (QED) is 0.883. The lowest BCUT2D eigenvalue weighted by atomic mass is 10.1. The molecule has 0 unspecified atom stereocenters. The normalized spacial score (nSPS) is 16.0. The van der Waals surface area contributed by atoms with Gasteiger partial charge in [0, 0.05) is 30.9 Å². The van der Waals surface area contributed by atoms with Crippen LogP contribution in [0.5, 0.6) is 0 Å². The summed E-state index contributed by atoms with van der Waals surface area (Å²) in [6.07, 6.45) is 3.16. The number of anilines is 1. The Kier molecular flexibility index (Phi) is 5.02. The van der Waals surface area contributed by atoms with E-state index in [1.807, 2.05) is 35.4 Å². The molecule has 7 nitrogen and oxygen atoms in total. The van der Waals surface area contributed by atoms with Gasteiger partial charge in [-0.25, -0.2) is 9.97 Å². The number of nitrogens with zero attached hydrogens (tertiary/aromatic N) is 3. The van der Waals surface area contributed by atoms with Crippen LogP contribution in [0.25, 0.3) is 11.4 Å². The van der Waals surface area contributed by atoms with Gasteiger partial charge in [-0.3, -0.25) is 4.79 Å². The van der Waals surface area contributed by atoms with E-state index in [4.69, 9.17) is 10.6 Å². The van der Waals surface area contributed by atoms with Crippen molar-refractivity contribution in [2.24, 2.45) is 0 Å². The minimum absolute atomic E-state index is 0.108. The minimum atomic E-state index is -0.233. The summed E-state index contributed by atoms with van der Waals surface area (Å²) in [5, 5.41) is 4.88. The molecule has 7 heteroatoms. The van der Waals surface area contributed by atoms with Crippen LogP contribution in [0.2, 0.25) is 0 Å². The number of carbonyl (C=O) groups is 1. The van der Waals surface area contributed by atoms with Gasteiger partial charge < -0.3 is 15.9 Å². The maximum absolute atomic E-state index is 12.4. The van der Waals surface area contributed by atoms with Crippen molar-refractivity contribution in [3.63, 3.8) is 0 Å². The summed E-state index contributed by atoms with van der Waals surface area (Å²) in [7, 11) is 1.66. The fourth-order valence-corrected chi connectivity index (χ4v) is 2.74. The molecule has 2 aromatic rings. The second-order valence-corrected chi connectivity index (χ2v) is 5.72. The second-order valence-electron chi connectivity index (χ2n) is 5.72. The van der Waals surface area contributed by atoms with Crippen molar-refractivity contribution < 1.29 is 9.63 Å². The smallest absolute Gasteiger partial charge is 0.256 e. The zero-order chi connectivity index (χ0) is 16.9. The molecule has 24 heavy (non-hydrogen) atoms. The van der Waals surface area contributed by atoms with E-state index in [1.54, 1.807) is 7.11 Å². The molecule has 0 aliphatic carbocycles. The Bertz CT molecular complexity index is 699. The monoisotopic (exact) mass is 327 g/mol. The van der Waals surface area contributed by atoms with E-state index < -0.39 is 0 Å². The number of nitrogens with two attached hydrogens (primary N) is 1. The number of nitrogens with one attached hydrogen (secondary N) is 1. The lowest BCUT2D eigenvalue weighted by Gasteiger charge is -2.30. The van der Waals surface area contributed by atoms with Gasteiger partial charge in [0.2, 0.25) is 0 Å². The van der Waals surface area contributed by atoms with Crippen LogP contribution in [-0.4, -0.2) is 47.2 Å². The van der Waals surface area contributed by atoms with Crippen molar-refractivity contribution in [2.75, 3.05) is 25.9 Å². The largest absolute Gasteiger partial charge is 0.383 e. The van der Waals surface area contributed by atoms with Gasteiger partial charge in [-0.2, -0.15) is 5.06 Å². The van der Waals surface area contributed by atoms with Gasteiger partial charge >= 0.3 is 0 Å². The molecule has 1 saturated heterocycles. The first kappa shape index (κ1) is 16.4. The van der Waals surface area contributed by atoms with Crippen molar-refractivity contribution >= 4 is 11.7 Å². The molecule has 1 aromatic carbocycles. The summed E-state index contributed by atoms with van der Waals surface area (Å²) in [5.74, 6) is 0.469. The number of hydrogen-bond donors (Lipinski definition) is 2. The van der Waals surface area contributed by atoms with Crippen molar-refractivity contribution in [3.05, 3.63) is 42.1 Å². The molecule has 0 radical (unpaired) electrons. The zero-order valence-electron chi connectivity index (χ0n) is 13.6. The number of nitrogen functional groups attached to an aromatic ring is 1. The Balaban J connectivity index is 1.67. The van der Waals surface area contributed by atoms with Crippen molar-refractivity contribution in [2.45, 2.75) is 18.9 Å². The number of hydrogen-bond acceptors (Lipinski definition) is 6. The number of aromatic nitrogens is 2. The summed E-state index contributed by atoms with van der Waals surface area (Å²) in [5.41, 5.74) is 7.14. The fourth-order valence-electron chi connectivity index (χ4n) is 2.74. The maximum Gasteiger partial charge on any atom is 0.256 e. The Hall–Kier alpha value is -2.51. The van der Waals surface area contributed by atoms with Crippen LogP contribution >= 0.6 is 0 Å². The molecule has 3 rings (SSSR count). The van der Waals surface area contributed by atoms with Gasteiger partial charge in [0.15, 0.2) is 5.82 Å². The van der Waals surface area contributed by atoms with Gasteiger partial charge in [0.25, 0.3) is 5.91 Å². The highest BCUT2D eigenvalue weighted by atomic mass is 16.7. The average molecular weight is 327 g/mol.